The molecule has 10 heteroatoms. The average molecular weight is 644 g/mol. The summed E-state index contributed by atoms with van der Waals surface area (Å²) in [6, 6.07) is 14.4. The van der Waals surface area contributed by atoms with E-state index in [2.05, 4.69) is 11.0 Å². The molecule has 45 heavy (non-hydrogen) atoms. The van der Waals surface area contributed by atoms with E-state index in [9.17, 15) is 9.90 Å². The Hall–Kier alpha value is -3.37. The SMILES string of the molecule is Cc1cc2nc(-c3ccc4c(n3)c(C3CCN(C5CC5)CC3)nn4C)sc2c(-c2ccc(Cl)cc2)c1C(OC(C)(C)C)C(=O)O. The predicted molar refractivity (Wildman–Crippen MR) is 180 cm³/mol. The summed E-state index contributed by atoms with van der Waals surface area (Å²) in [5.41, 5.74) is 7.03. The van der Waals surface area contributed by atoms with Crippen LogP contribution in [0.1, 0.15) is 75.3 Å². The van der Waals surface area contributed by atoms with E-state index in [1.807, 2.05) is 75.8 Å². The number of nitrogens with zero attached hydrogens (tertiary/aromatic N) is 5. The van der Waals surface area contributed by atoms with E-state index >= 15 is 0 Å². The number of carboxylic acid groups (broad SMARTS) is 1. The highest BCUT2D eigenvalue weighted by Gasteiger charge is 2.34. The third kappa shape index (κ3) is 5.87. The highest BCUT2D eigenvalue weighted by Crippen LogP contribution is 2.45. The molecule has 234 valence electrons. The molecule has 2 aromatic carbocycles. The number of ether oxygens (including phenoxy) is 1. The van der Waals surface area contributed by atoms with Crippen molar-refractivity contribution >= 4 is 50.2 Å². The molecular weight excluding hydrogens is 606 g/mol. The van der Waals surface area contributed by atoms with Gasteiger partial charge in [0.2, 0.25) is 0 Å². The smallest absolute Gasteiger partial charge is 0.337 e. The summed E-state index contributed by atoms with van der Waals surface area (Å²) in [6.07, 6.45) is 3.72. The van der Waals surface area contributed by atoms with Gasteiger partial charge in [0, 0.05) is 35.2 Å². The van der Waals surface area contributed by atoms with E-state index in [0.29, 0.717) is 16.5 Å². The number of piperidine rings is 1. The van der Waals surface area contributed by atoms with Crippen molar-refractivity contribution in [2.45, 2.75) is 77.0 Å². The van der Waals surface area contributed by atoms with E-state index < -0.39 is 17.7 Å². The molecule has 5 aromatic rings. The number of thiazole rings is 1. The Bertz CT molecular complexity index is 1910. The number of fused-ring (bicyclic) bond motifs is 2. The molecule has 0 spiro atoms. The van der Waals surface area contributed by atoms with Crippen LogP contribution in [0.15, 0.2) is 42.5 Å². The van der Waals surface area contributed by atoms with Gasteiger partial charge in [-0.2, -0.15) is 5.10 Å². The fourth-order valence-corrected chi connectivity index (χ4v) is 7.90. The van der Waals surface area contributed by atoms with Gasteiger partial charge in [-0.25, -0.2) is 14.8 Å². The summed E-state index contributed by atoms with van der Waals surface area (Å²) in [5, 5.41) is 16.7. The Balaban J connectivity index is 1.35. The van der Waals surface area contributed by atoms with Crippen molar-refractivity contribution in [1.29, 1.82) is 0 Å². The minimum atomic E-state index is -1.16. The van der Waals surface area contributed by atoms with Gasteiger partial charge in [-0.15, -0.1) is 11.3 Å². The molecule has 2 aliphatic rings. The lowest BCUT2D eigenvalue weighted by molar-refractivity contribution is -0.160. The van der Waals surface area contributed by atoms with Crippen LogP contribution in [0, 0.1) is 6.92 Å². The first kappa shape index (κ1) is 30.3. The fourth-order valence-electron chi connectivity index (χ4n) is 6.68. The van der Waals surface area contributed by atoms with Crippen LogP contribution in [0.2, 0.25) is 5.02 Å². The summed E-state index contributed by atoms with van der Waals surface area (Å²) in [4.78, 5) is 25.6. The number of halogens is 1. The Morgan fingerprint density at radius 3 is 2.42 bits per heavy atom. The first-order chi connectivity index (χ1) is 21.5. The zero-order chi connectivity index (χ0) is 31.6. The number of aryl methyl sites for hydroxylation is 2. The molecule has 1 N–H and O–H groups in total. The van der Waals surface area contributed by atoms with Crippen LogP contribution < -0.4 is 0 Å². The highest BCUT2D eigenvalue weighted by molar-refractivity contribution is 7.22. The van der Waals surface area contributed by atoms with Crippen LogP contribution in [0.4, 0.5) is 0 Å². The molecule has 4 heterocycles. The van der Waals surface area contributed by atoms with E-state index in [1.165, 1.54) is 24.2 Å². The van der Waals surface area contributed by atoms with Crippen LogP contribution in [0.3, 0.4) is 0 Å². The van der Waals surface area contributed by atoms with Gasteiger partial charge < -0.3 is 14.7 Å². The topological polar surface area (TPSA) is 93.4 Å². The fraction of sp³-hybridized carbons (Fsp3) is 0.429. The number of likely N-dealkylation sites (tertiary alicyclic amines) is 1. The molecule has 1 aliphatic carbocycles. The maximum Gasteiger partial charge on any atom is 0.337 e. The first-order valence-corrected chi connectivity index (χ1v) is 16.8. The number of carbonyl (C=O) groups is 1. The van der Waals surface area contributed by atoms with E-state index in [4.69, 9.17) is 31.4 Å². The van der Waals surface area contributed by atoms with E-state index in [0.717, 1.165) is 86.3 Å². The molecule has 2 fully saturated rings. The summed E-state index contributed by atoms with van der Waals surface area (Å²) in [7, 11) is 1.99. The van der Waals surface area contributed by atoms with Crippen molar-refractivity contribution in [3.05, 3.63) is 64.3 Å². The van der Waals surface area contributed by atoms with Gasteiger partial charge in [-0.05, 0) is 108 Å². The monoisotopic (exact) mass is 643 g/mol. The van der Waals surface area contributed by atoms with Crippen molar-refractivity contribution in [1.82, 2.24) is 24.6 Å². The Morgan fingerprint density at radius 1 is 1.07 bits per heavy atom. The van der Waals surface area contributed by atoms with Gasteiger partial charge >= 0.3 is 5.97 Å². The van der Waals surface area contributed by atoms with Crippen LogP contribution in [-0.2, 0) is 16.6 Å². The molecule has 0 amide bonds. The van der Waals surface area contributed by atoms with Crippen LogP contribution >= 0.6 is 22.9 Å². The molecular formula is C35H38ClN5O3S. The second-order valence-electron chi connectivity index (χ2n) is 13.4. The number of benzene rings is 2. The van der Waals surface area contributed by atoms with Crippen molar-refractivity contribution in [2.75, 3.05) is 13.1 Å². The summed E-state index contributed by atoms with van der Waals surface area (Å²) >= 11 is 7.79. The number of pyridine rings is 1. The number of aliphatic carboxylic acids is 1. The lowest BCUT2D eigenvalue weighted by Gasteiger charge is -2.31. The second-order valence-corrected chi connectivity index (χ2v) is 14.9. The van der Waals surface area contributed by atoms with Crippen molar-refractivity contribution in [3.63, 3.8) is 0 Å². The minimum Gasteiger partial charge on any atom is -0.479 e. The van der Waals surface area contributed by atoms with Crippen LogP contribution in [0.25, 0.3) is 43.1 Å². The molecule has 8 nitrogen and oxygen atoms in total. The Kier molecular flexibility index (Phi) is 7.71. The molecule has 3 aromatic heterocycles. The first-order valence-electron chi connectivity index (χ1n) is 15.7. The number of carboxylic acids is 1. The molecule has 0 bridgehead atoms. The van der Waals surface area contributed by atoms with Gasteiger partial charge in [-0.3, -0.25) is 4.68 Å². The van der Waals surface area contributed by atoms with Crippen LogP contribution in [0.5, 0.6) is 0 Å². The standard InChI is InChI=1S/C35H38ClN5O3S/c1-19-18-25-32(28(20-6-8-22(36)9-7-20)27(19)31(34(42)43)44-35(2,3)4)45-33(38-25)24-12-13-26-30(37-24)29(39-40(26)5)21-14-16-41(17-15-21)23-10-11-23/h6-9,12-13,18,21,23,31H,10-11,14-17H2,1-5H3,(H,42,43). The zero-order valence-electron chi connectivity index (χ0n) is 26.3. The van der Waals surface area contributed by atoms with Gasteiger partial charge in [0.15, 0.2) is 6.10 Å². The quantitative estimate of drug-likeness (QED) is 0.191. The molecule has 0 radical (unpaired) electrons. The summed E-state index contributed by atoms with van der Waals surface area (Å²) in [6.45, 7) is 9.78. The van der Waals surface area contributed by atoms with Gasteiger partial charge in [0.1, 0.15) is 10.5 Å². The molecule has 1 saturated heterocycles. The second kappa shape index (κ2) is 11.5. The summed E-state index contributed by atoms with van der Waals surface area (Å²) < 4.78 is 9.00. The highest BCUT2D eigenvalue weighted by atomic mass is 35.5. The number of hydrogen-bond acceptors (Lipinski definition) is 7. The van der Waals surface area contributed by atoms with E-state index in [1.54, 1.807) is 0 Å². The average Bonchev–Trinajstić information content (AvgIpc) is 3.69. The third-order valence-corrected chi connectivity index (χ3v) is 10.3. The third-order valence-electron chi connectivity index (χ3n) is 8.94. The number of hydrogen-bond donors (Lipinski definition) is 1. The Morgan fingerprint density at radius 2 is 1.78 bits per heavy atom. The van der Waals surface area contributed by atoms with Gasteiger partial charge in [0.25, 0.3) is 0 Å². The maximum atomic E-state index is 12.7. The van der Waals surface area contributed by atoms with Gasteiger partial charge in [-0.1, -0.05) is 23.7 Å². The normalized spacial score (nSPS) is 17.4. The molecule has 7 rings (SSSR count). The van der Waals surface area contributed by atoms with Crippen molar-refractivity contribution in [2.24, 2.45) is 7.05 Å². The molecule has 1 saturated carbocycles. The Labute approximate surface area is 272 Å². The number of rotatable bonds is 7. The van der Waals surface area contributed by atoms with Gasteiger partial charge in [0.05, 0.1) is 32.7 Å². The minimum absolute atomic E-state index is 0.388. The molecule has 1 atom stereocenters. The largest absolute Gasteiger partial charge is 0.479 e. The van der Waals surface area contributed by atoms with Crippen molar-refractivity contribution < 1.29 is 14.6 Å². The van der Waals surface area contributed by atoms with E-state index in [-0.39, 0.29) is 0 Å². The maximum absolute atomic E-state index is 12.7. The molecule has 1 aliphatic heterocycles. The predicted octanol–water partition coefficient (Wildman–Crippen LogP) is 8.16. The zero-order valence-corrected chi connectivity index (χ0v) is 27.9. The molecule has 1 unspecified atom stereocenters. The summed E-state index contributed by atoms with van der Waals surface area (Å²) in [5.74, 6) is -0.647. The lowest BCUT2D eigenvalue weighted by Crippen LogP contribution is -2.34. The lowest BCUT2D eigenvalue weighted by atomic mass is 9.91. The van der Waals surface area contributed by atoms with Crippen LogP contribution in [-0.4, -0.2) is 60.5 Å². The van der Waals surface area contributed by atoms with Crippen molar-refractivity contribution in [3.8, 4) is 21.8 Å². The number of aromatic nitrogens is 4.